The predicted octanol–water partition coefficient (Wildman–Crippen LogP) is 4.71. The third-order valence-electron chi connectivity index (χ3n) is 1.41. The van der Waals surface area contributed by atoms with Crippen molar-refractivity contribution >= 4 is 31.9 Å². The molecule has 0 spiro atoms. The van der Waals surface area contributed by atoms with E-state index in [9.17, 15) is 22.0 Å². The summed E-state index contributed by atoms with van der Waals surface area (Å²) in [5.41, 5.74) is 0. The lowest BCUT2D eigenvalue weighted by molar-refractivity contribution is -0.274. The molecular weight excluding hydrogens is 383 g/mol. The second-order valence-electron chi connectivity index (χ2n) is 2.64. The highest BCUT2D eigenvalue weighted by Gasteiger charge is 2.31. The lowest BCUT2D eigenvalue weighted by Crippen LogP contribution is -2.17. The zero-order valence-electron chi connectivity index (χ0n) is 7.69. The summed E-state index contributed by atoms with van der Waals surface area (Å²) in [7, 11) is 0. The van der Waals surface area contributed by atoms with Crippen LogP contribution < -0.4 is 9.47 Å². The highest BCUT2D eigenvalue weighted by atomic mass is 79.9. The molecule has 0 saturated carbocycles. The Bertz CT molecular complexity index is 384. The van der Waals surface area contributed by atoms with Crippen LogP contribution in [0.25, 0.3) is 0 Å². The minimum atomic E-state index is -4.86. The number of halogens is 7. The van der Waals surface area contributed by atoms with Crippen molar-refractivity contribution in [2.45, 2.75) is 13.0 Å². The number of rotatable bonds is 3. The maximum atomic E-state index is 12.0. The van der Waals surface area contributed by atoms with E-state index in [0.29, 0.717) is 0 Å². The Labute approximate surface area is 109 Å². The van der Waals surface area contributed by atoms with Gasteiger partial charge in [-0.15, -0.1) is 13.2 Å². The fourth-order valence-corrected chi connectivity index (χ4v) is 2.26. The SMILES string of the molecule is FC(F)Oc1c(Br)cc(OC(F)(F)F)cc1Br. The molecule has 9 heteroatoms. The van der Waals surface area contributed by atoms with Crippen molar-refractivity contribution < 1.29 is 31.4 Å². The Kier molecular flexibility index (Phi) is 4.59. The van der Waals surface area contributed by atoms with Crippen molar-refractivity contribution in [3.63, 3.8) is 0 Å². The topological polar surface area (TPSA) is 18.5 Å². The summed E-state index contributed by atoms with van der Waals surface area (Å²) in [6, 6.07) is 1.74. The minimum Gasteiger partial charge on any atom is -0.432 e. The van der Waals surface area contributed by atoms with E-state index in [1.54, 1.807) is 0 Å². The average Bonchev–Trinajstić information content (AvgIpc) is 2.08. The summed E-state index contributed by atoms with van der Waals surface area (Å²) in [5, 5.41) is 0. The number of benzene rings is 1. The summed E-state index contributed by atoms with van der Waals surface area (Å²) in [6.45, 7) is -3.09. The van der Waals surface area contributed by atoms with Gasteiger partial charge in [-0.05, 0) is 44.0 Å². The highest BCUT2D eigenvalue weighted by molar-refractivity contribution is 9.11. The van der Waals surface area contributed by atoms with Crippen molar-refractivity contribution in [1.82, 2.24) is 0 Å². The molecule has 0 atom stereocenters. The summed E-state index contributed by atoms with van der Waals surface area (Å²) in [5.74, 6) is -0.868. The Morgan fingerprint density at radius 2 is 1.53 bits per heavy atom. The molecule has 0 bridgehead atoms. The first kappa shape index (κ1) is 14.5. The van der Waals surface area contributed by atoms with Gasteiger partial charge in [-0.1, -0.05) is 0 Å². The van der Waals surface area contributed by atoms with Gasteiger partial charge in [-0.3, -0.25) is 0 Å². The van der Waals surface area contributed by atoms with Gasteiger partial charge >= 0.3 is 13.0 Å². The molecule has 0 radical (unpaired) electrons. The van der Waals surface area contributed by atoms with Gasteiger partial charge in [-0.2, -0.15) is 8.78 Å². The smallest absolute Gasteiger partial charge is 0.432 e. The maximum absolute atomic E-state index is 12.0. The fraction of sp³-hybridized carbons (Fsp3) is 0.250. The zero-order chi connectivity index (χ0) is 13.2. The monoisotopic (exact) mass is 384 g/mol. The molecule has 1 aromatic carbocycles. The molecule has 0 heterocycles. The second kappa shape index (κ2) is 5.38. The van der Waals surface area contributed by atoms with Gasteiger partial charge < -0.3 is 9.47 Å². The number of alkyl halides is 5. The molecule has 0 N–H and O–H groups in total. The summed E-state index contributed by atoms with van der Waals surface area (Å²) < 4.78 is 67.2. The molecule has 1 rings (SSSR count). The minimum absolute atomic E-state index is 0.0913. The van der Waals surface area contributed by atoms with Crippen LogP contribution in [0.3, 0.4) is 0 Å². The third-order valence-corrected chi connectivity index (χ3v) is 2.59. The zero-order valence-corrected chi connectivity index (χ0v) is 10.9. The van der Waals surface area contributed by atoms with Gasteiger partial charge in [0.15, 0.2) is 5.75 Å². The Hall–Kier alpha value is -0.570. The molecule has 0 saturated heterocycles. The lowest BCUT2D eigenvalue weighted by Gasteiger charge is -2.13. The molecule has 0 fully saturated rings. The van der Waals surface area contributed by atoms with E-state index in [1.165, 1.54) is 0 Å². The van der Waals surface area contributed by atoms with Crippen LogP contribution in [0.2, 0.25) is 0 Å². The van der Waals surface area contributed by atoms with Crippen molar-refractivity contribution in [2.75, 3.05) is 0 Å². The van der Waals surface area contributed by atoms with Crippen LogP contribution in [0.4, 0.5) is 22.0 Å². The number of ether oxygens (including phenoxy) is 2. The van der Waals surface area contributed by atoms with Crippen LogP contribution in [0.1, 0.15) is 0 Å². The van der Waals surface area contributed by atoms with Crippen molar-refractivity contribution in [3.8, 4) is 11.5 Å². The van der Waals surface area contributed by atoms with Gasteiger partial charge in [0.2, 0.25) is 0 Å². The summed E-state index contributed by atoms with van der Waals surface area (Å²) >= 11 is 5.60. The van der Waals surface area contributed by atoms with Gasteiger partial charge in [0.05, 0.1) is 8.95 Å². The number of hydrogen-bond donors (Lipinski definition) is 0. The maximum Gasteiger partial charge on any atom is 0.573 e. The van der Waals surface area contributed by atoms with E-state index >= 15 is 0 Å². The van der Waals surface area contributed by atoms with E-state index < -0.39 is 18.7 Å². The molecule has 0 aromatic heterocycles. The van der Waals surface area contributed by atoms with E-state index in [1.807, 2.05) is 0 Å². The first-order chi connectivity index (χ1) is 7.69. The molecule has 1 aromatic rings. The molecule has 0 aliphatic heterocycles. The first-order valence-electron chi connectivity index (χ1n) is 3.88. The molecule has 0 aliphatic carbocycles. The normalized spacial score (nSPS) is 11.8. The average molecular weight is 386 g/mol. The molecule has 0 aliphatic rings. The van der Waals surface area contributed by atoms with Gasteiger partial charge in [0, 0.05) is 0 Å². The van der Waals surface area contributed by atoms with Crippen LogP contribution >= 0.6 is 31.9 Å². The van der Waals surface area contributed by atoms with Gasteiger partial charge in [0.1, 0.15) is 5.75 Å². The summed E-state index contributed by atoms with van der Waals surface area (Å²) in [4.78, 5) is 0. The van der Waals surface area contributed by atoms with Crippen LogP contribution in [0, 0.1) is 0 Å². The van der Waals surface area contributed by atoms with E-state index in [2.05, 4.69) is 41.3 Å². The fourth-order valence-electron chi connectivity index (χ4n) is 0.931. The number of hydrogen-bond acceptors (Lipinski definition) is 2. The van der Waals surface area contributed by atoms with E-state index in [4.69, 9.17) is 0 Å². The molecule has 0 amide bonds. The first-order valence-corrected chi connectivity index (χ1v) is 5.47. The molecule has 96 valence electrons. The largest absolute Gasteiger partial charge is 0.573 e. The quantitative estimate of drug-likeness (QED) is 0.701. The van der Waals surface area contributed by atoms with Crippen LogP contribution in [-0.2, 0) is 0 Å². The van der Waals surface area contributed by atoms with Crippen LogP contribution in [-0.4, -0.2) is 13.0 Å². The Morgan fingerprint density at radius 3 is 1.88 bits per heavy atom. The standard InChI is InChI=1S/C8H3Br2F5O2/c9-4-1-3(17-8(13,14)15)2-5(10)6(4)16-7(11)12/h1-2,7H. The molecule has 2 nitrogen and oxygen atoms in total. The van der Waals surface area contributed by atoms with E-state index in [-0.39, 0.29) is 14.7 Å². The van der Waals surface area contributed by atoms with E-state index in [0.717, 1.165) is 12.1 Å². The molecule has 17 heavy (non-hydrogen) atoms. The second-order valence-corrected chi connectivity index (χ2v) is 4.35. The van der Waals surface area contributed by atoms with Crippen LogP contribution in [0.15, 0.2) is 21.1 Å². The van der Waals surface area contributed by atoms with Gasteiger partial charge in [-0.25, -0.2) is 0 Å². The van der Waals surface area contributed by atoms with Crippen molar-refractivity contribution in [3.05, 3.63) is 21.1 Å². The predicted molar refractivity (Wildman–Crippen MR) is 55.2 cm³/mol. The Morgan fingerprint density at radius 1 is 1.06 bits per heavy atom. The van der Waals surface area contributed by atoms with Crippen molar-refractivity contribution in [1.29, 1.82) is 0 Å². The molecule has 0 unspecified atom stereocenters. The summed E-state index contributed by atoms with van der Waals surface area (Å²) in [6.07, 6.45) is -4.86. The van der Waals surface area contributed by atoms with Crippen molar-refractivity contribution in [2.24, 2.45) is 0 Å². The lowest BCUT2D eigenvalue weighted by atomic mass is 10.3. The van der Waals surface area contributed by atoms with Gasteiger partial charge in [0.25, 0.3) is 0 Å². The molecular formula is C8H3Br2F5O2. The highest BCUT2D eigenvalue weighted by Crippen LogP contribution is 2.39. The Balaban J connectivity index is 3.01. The van der Waals surface area contributed by atoms with Crippen LogP contribution in [0.5, 0.6) is 11.5 Å². The third kappa shape index (κ3) is 4.66.